The van der Waals surface area contributed by atoms with Crippen LogP contribution in [0.3, 0.4) is 0 Å². The maximum absolute atomic E-state index is 2.60. The van der Waals surface area contributed by atoms with Crippen molar-refractivity contribution < 1.29 is 0 Å². The van der Waals surface area contributed by atoms with E-state index in [-0.39, 0.29) is 0 Å². The first-order valence-electron chi connectivity index (χ1n) is 18.6. The number of benzene rings is 10. The second-order valence-corrected chi connectivity index (χ2v) is 14.7. The molecule has 2 aliphatic rings. The van der Waals surface area contributed by atoms with Crippen LogP contribution in [0.1, 0.15) is 22.3 Å². The van der Waals surface area contributed by atoms with Gasteiger partial charge in [0.15, 0.2) is 0 Å². The molecule has 0 aromatic heterocycles. The van der Waals surface area contributed by atoms with Crippen LogP contribution >= 0.6 is 0 Å². The number of hydrogen-bond acceptors (Lipinski definition) is 0. The summed E-state index contributed by atoms with van der Waals surface area (Å²) in [6.07, 6.45) is 0. The van der Waals surface area contributed by atoms with Crippen LogP contribution in [0.15, 0.2) is 194 Å². The summed E-state index contributed by atoms with van der Waals surface area (Å²) in [5.41, 5.74) is 15.5. The smallest absolute Gasteiger partial charge is 0.0619 e. The van der Waals surface area contributed by atoms with Crippen LogP contribution in [-0.4, -0.2) is 0 Å². The van der Waals surface area contributed by atoms with Crippen LogP contribution in [0.4, 0.5) is 0 Å². The van der Waals surface area contributed by atoms with E-state index in [1.54, 1.807) is 0 Å². The predicted molar refractivity (Wildman–Crippen MR) is 224 cm³/mol. The van der Waals surface area contributed by atoms with Crippen molar-refractivity contribution in [2.24, 2.45) is 0 Å². The minimum Gasteiger partial charge on any atom is -0.0619 e. The summed E-state index contributed by atoms with van der Waals surface area (Å²) >= 11 is 0. The van der Waals surface area contributed by atoms with Crippen LogP contribution < -0.4 is 0 Å². The molecule has 0 saturated carbocycles. The molecule has 10 aromatic rings. The maximum atomic E-state index is 2.60. The van der Waals surface area contributed by atoms with E-state index in [0.29, 0.717) is 0 Å². The molecule has 1 spiro atoms. The zero-order valence-electron chi connectivity index (χ0n) is 29.0. The van der Waals surface area contributed by atoms with E-state index >= 15 is 0 Å². The van der Waals surface area contributed by atoms with Crippen LogP contribution in [0.5, 0.6) is 0 Å². The van der Waals surface area contributed by atoms with Gasteiger partial charge in [-0.25, -0.2) is 0 Å². The lowest BCUT2D eigenvalue weighted by Crippen LogP contribution is -2.25. The summed E-state index contributed by atoms with van der Waals surface area (Å²) in [7, 11) is 0. The Morgan fingerprint density at radius 1 is 0.226 bits per heavy atom. The molecule has 244 valence electrons. The summed E-state index contributed by atoms with van der Waals surface area (Å²) in [6.45, 7) is 0. The van der Waals surface area contributed by atoms with Crippen molar-refractivity contribution in [3.05, 3.63) is 216 Å². The van der Waals surface area contributed by atoms with Gasteiger partial charge < -0.3 is 0 Å². The highest BCUT2D eigenvalue weighted by molar-refractivity contribution is 6.26. The van der Waals surface area contributed by atoms with Gasteiger partial charge in [0.1, 0.15) is 0 Å². The van der Waals surface area contributed by atoms with Crippen LogP contribution in [-0.2, 0) is 5.41 Å². The lowest BCUT2D eigenvalue weighted by atomic mass is 9.70. The van der Waals surface area contributed by atoms with Crippen molar-refractivity contribution in [2.75, 3.05) is 0 Å². The van der Waals surface area contributed by atoms with Crippen molar-refractivity contribution in [1.29, 1.82) is 0 Å². The second kappa shape index (κ2) is 10.6. The predicted octanol–water partition coefficient (Wildman–Crippen LogP) is 14.0. The van der Waals surface area contributed by atoms with Gasteiger partial charge in [-0.2, -0.15) is 0 Å². The highest BCUT2D eigenvalue weighted by Crippen LogP contribution is 2.64. The summed E-state index contributed by atoms with van der Waals surface area (Å²) in [4.78, 5) is 0. The van der Waals surface area contributed by atoms with Gasteiger partial charge in [0.05, 0.1) is 5.41 Å². The fourth-order valence-corrected chi connectivity index (χ4v) is 10.2. The molecule has 0 heterocycles. The van der Waals surface area contributed by atoms with E-state index in [4.69, 9.17) is 0 Å². The van der Waals surface area contributed by atoms with Gasteiger partial charge in [0.2, 0.25) is 0 Å². The monoisotopic (exact) mass is 668 g/mol. The number of hydrogen-bond donors (Lipinski definition) is 0. The second-order valence-electron chi connectivity index (χ2n) is 14.7. The molecule has 0 bridgehead atoms. The zero-order chi connectivity index (χ0) is 34.7. The largest absolute Gasteiger partial charge is 0.0725 e. The molecule has 53 heavy (non-hydrogen) atoms. The normalized spacial score (nSPS) is 13.4. The van der Waals surface area contributed by atoms with Gasteiger partial charge in [-0.3, -0.25) is 0 Å². The van der Waals surface area contributed by atoms with E-state index in [9.17, 15) is 0 Å². The molecular weight excluding hydrogens is 637 g/mol. The maximum Gasteiger partial charge on any atom is 0.0725 e. The number of rotatable bonds is 2. The van der Waals surface area contributed by atoms with Gasteiger partial charge >= 0.3 is 0 Å². The SMILES string of the molecule is c1ccc2c(c1)-c1ccccc1C21c2ccccc2-c2cc3c(-c4cccc5ccccc45)c4ccccc4c(-c4cccc5ccccc45)c3cc21. The molecular formula is C53H32. The van der Waals surface area contributed by atoms with Gasteiger partial charge in [-0.15, -0.1) is 0 Å². The van der Waals surface area contributed by atoms with E-state index in [1.165, 1.54) is 110 Å². The molecule has 0 unspecified atom stereocenters. The fraction of sp³-hybridized carbons (Fsp3) is 0.0189. The molecule has 12 rings (SSSR count). The summed E-state index contributed by atoms with van der Waals surface area (Å²) in [5.74, 6) is 0. The van der Waals surface area contributed by atoms with Gasteiger partial charge in [-0.1, -0.05) is 182 Å². The van der Waals surface area contributed by atoms with Crippen LogP contribution in [0.25, 0.3) is 87.6 Å². The molecule has 0 radical (unpaired) electrons. The van der Waals surface area contributed by atoms with E-state index < -0.39 is 5.41 Å². The first-order chi connectivity index (χ1) is 26.3. The Balaban J connectivity index is 1.33. The highest BCUT2D eigenvalue weighted by Gasteiger charge is 2.51. The van der Waals surface area contributed by atoms with E-state index in [0.717, 1.165) is 0 Å². The Kier molecular flexibility index (Phi) is 5.80. The van der Waals surface area contributed by atoms with E-state index in [1.807, 2.05) is 0 Å². The Hall–Kier alpha value is -6.76. The lowest BCUT2D eigenvalue weighted by Gasteiger charge is -2.31. The Bertz CT molecular complexity index is 3120. The molecule has 0 saturated heterocycles. The Morgan fingerprint density at radius 2 is 0.585 bits per heavy atom. The van der Waals surface area contributed by atoms with Crippen molar-refractivity contribution in [3.63, 3.8) is 0 Å². The molecule has 0 amide bonds. The summed E-state index contributed by atoms with van der Waals surface area (Å²) < 4.78 is 0. The van der Waals surface area contributed by atoms with Crippen molar-refractivity contribution in [3.8, 4) is 44.5 Å². The average Bonchev–Trinajstić information content (AvgIpc) is 3.69. The van der Waals surface area contributed by atoms with Gasteiger partial charge in [0, 0.05) is 0 Å². The van der Waals surface area contributed by atoms with Crippen molar-refractivity contribution >= 4 is 43.1 Å². The molecule has 0 N–H and O–H groups in total. The summed E-state index contributed by atoms with van der Waals surface area (Å²) in [6, 6.07) is 72.9. The molecule has 0 nitrogen and oxygen atoms in total. The van der Waals surface area contributed by atoms with Crippen LogP contribution in [0.2, 0.25) is 0 Å². The first-order valence-corrected chi connectivity index (χ1v) is 18.6. The molecule has 0 aliphatic heterocycles. The van der Waals surface area contributed by atoms with Crippen molar-refractivity contribution in [1.82, 2.24) is 0 Å². The highest BCUT2D eigenvalue weighted by atomic mass is 14.5. The minimum absolute atomic E-state index is 0.422. The van der Waals surface area contributed by atoms with Gasteiger partial charge in [0.25, 0.3) is 0 Å². The van der Waals surface area contributed by atoms with Crippen LogP contribution in [0, 0.1) is 0 Å². The molecule has 0 atom stereocenters. The summed E-state index contributed by atoms with van der Waals surface area (Å²) in [5, 5.41) is 10.2. The number of fused-ring (bicyclic) bond motifs is 14. The Morgan fingerprint density at radius 3 is 1.09 bits per heavy atom. The molecule has 0 fully saturated rings. The zero-order valence-corrected chi connectivity index (χ0v) is 29.0. The third-order valence-corrected chi connectivity index (χ3v) is 12.3. The average molecular weight is 669 g/mol. The standard InChI is InChI=1S/C53H32/c1-3-19-35-33(15-1)17-13-26-40(35)51-42-24-5-6-25-43(42)52(41-27-14-18-34-16-2-4-20-36(34)41)46-32-50-44(31-45(46)51)39-23-9-12-30-49(39)53(50)47-28-10-7-21-37(47)38-22-8-11-29-48(38)53/h1-32H. The molecule has 2 aliphatic carbocycles. The lowest BCUT2D eigenvalue weighted by molar-refractivity contribution is 0.795. The third-order valence-electron chi connectivity index (χ3n) is 12.3. The Labute approximate surface area is 308 Å². The molecule has 0 heteroatoms. The van der Waals surface area contributed by atoms with Crippen molar-refractivity contribution in [2.45, 2.75) is 5.41 Å². The quantitative estimate of drug-likeness (QED) is 0.161. The van der Waals surface area contributed by atoms with Gasteiger partial charge in [-0.05, 0) is 122 Å². The topological polar surface area (TPSA) is 0 Å². The molecule has 10 aromatic carbocycles. The van der Waals surface area contributed by atoms with E-state index in [2.05, 4.69) is 194 Å². The minimum atomic E-state index is -0.422. The first kappa shape index (κ1) is 28.9. The fourth-order valence-electron chi connectivity index (χ4n) is 10.2. The third kappa shape index (κ3) is 3.70.